The fourth-order valence-corrected chi connectivity index (χ4v) is 7.29. The van der Waals surface area contributed by atoms with Gasteiger partial charge in [-0.15, -0.1) is 0 Å². The van der Waals surface area contributed by atoms with Crippen LogP contribution in [0.15, 0.2) is 91.3 Å². The van der Waals surface area contributed by atoms with Crippen LogP contribution in [0.3, 0.4) is 0 Å². The molecule has 1 amide bonds. The number of nitrogens with zero attached hydrogens (tertiary/aromatic N) is 3. The summed E-state index contributed by atoms with van der Waals surface area (Å²) in [5.41, 5.74) is 2.69. The number of sulfonamides is 1. The van der Waals surface area contributed by atoms with E-state index in [1.807, 2.05) is 88.4 Å². The third-order valence-corrected chi connectivity index (χ3v) is 9.57. The fraction of sp³-hybridized carbons (Fsp3) is 0.316. The Balaban J connectivity index is 1.18. The maximum atomic E-state index is 13.2. The maximum absolute atomic E-state index is 13.2. The van der Waals surface area contributed by atoms with Gasteiger partial charge in [0.2, 0.25) is 21.9 Å². The molecule has 1 fully saturated rings. The molecule has 11 nitrogen and oxygen atoms in total. The summed E-state index contributed by atoms with van der Waals surface area (Å²) in [7, 11) is -3.68. The zero-order valence-corrected chi connectivity index (χ0v) is 29.5. The molecular weight excluding hydrogens is 653 g/mol. The molecule has 0 saturated heterocycles. The van der Waals surface area contributed by atoms with E-state index in [-0.39, 0.29) is 23.9 Å². The van der Waals surface area contributed by atoms with E-state index in [0.717, 1.165) is 36.6 Å². The molecule has 1 aliphatic carbocycles. The number of nitrogens with one attached hydrogen (secondary N) is 3. The van der Waals surface area contributed by atoms with Crippen LogP contribution in [0, 0.1) is 6.92 Å². The van der Waals surface area contributed by atoms with Crippen molar-refractivity contribution in [3.05, 3.63) is 102 Å². The standard InChI is InChI=1S/C38H42N6O5S/c1-25-23-33(44-50(46,47)24-26-11-6-5-7-12-26)29-13-8-9-14-30(29)34(25)48-35-31(15-10-21-39-35)32-20-22-40-36(43-32)41-27-16-18-28(19-17-27)42-37(45)49-38(2,3)4/h5-15,20-23,27-28,44H,16-19,24H2,1-4H3,(H,42,45)(H,40,41,43). The molecule has 3 N–H and O–H groups in total. The SMILES string of the molecule is Cc1cc(NS(=O)(=O)Cc2ccccc2)c2ccccc2c1Oc1ncccc1-c1ccnc(NC2CCC(NC(=O)OC(C)(C)C)CC2)n1. The van der Waals surface area contributed by atoms with Crippen LogP contribution in [0.4, 0.5) is 16.4 Å². The molecule has 260 valence electrons. The molecule has 0 bridgehead atoms. The smallest absolute Gasteiger partial charge is 0.407 e. The van der Waals surface area contributed by atoms with Gasteiger partial charge >= 0.3 is 6.09 Å². The Morgan fingerprint density at radius 3 is 2.30 bits per heavy atom. The average molecular weight is 695 g/mol. The lowest BCUT2D eigenvalue weighted by Gasteiger charge is -2.30. The predicted octanol–water partition coefficient (Wildman–Crippen LogP) is 7.98. The number of hydrogen-bond acceptors (Lipinski definition) is 9. The number of carbonyl (C=O) groups excluding carboxylic acids is 1. The van der Waals surface area contributed by atoms with Gasteiger partial charge in [-0.25, -0.2) is 28.2 Å². The molecule has 0 spiro atoms. The van der Waals surface area contributed by atoms with E-state index >= 15 is 0 Å². The minimum atomic E-state index is -3.68. The van der Waals surface area contributed by atoms with Gasteiger partial charge in [0.1, 0.15) is 11.4 Å². The van der Waals surface area contributed by atoms with Crippen LogP contribution in [0.2, 0.25) is 0 Å². The van der Waals surface area contributed by atoms with Crippen molar-refractivity contribution in [2.24, 2.45) is 0 Å². The monoisotopic (exact) mass is 694 g/mol. The number of aromatic nitrogens is 3. The molecule has 5 aromatic rings. The Hall–Kier alpha value is -5.23. The van der Waals surface area contributed by atoms with Gasteiger partial charge in [-0.3, -0.25) is 4.72 Å². The third-order valence-electron chi connectivity index (χ3n) is 8.33. The number of amides is 1. The highest BCUT2D eigenvalue weighted by Gasteiger charge is 2.26. The number of carbonyl (C=O) groups is 1. The van der Waals surface area contributed by atoms with Crippen LogP contribution in [-0.4, -0.2) is 47.1 Å². The second-order valence-corrected chi connectivity index (χ2v) is 15.2. The third kappa shape index (κ3) is 8.86. The number of fused-ring (bicyclic) bond motifs is 1. The highest BCUT2D eigenvalue weighted by atomic mass is 32.2. The molecule has 2 heterocycles. The predicted molar refractivity (Wildman–Crippen MR) is 196 cm³/mol. The van der Waals surface area contributed by atoms with Gasteiger partial charge in [-0.2, -0.15) is 0 Å². The van der Waals surface area contributed by atoms with Crippen molar-refractivity contribution >= 4 is 38.5 Å². The van der Waals surface area contributed by atoms with E-state index in [4.69, 9.17) is 14.5 Å². The van der Waals surface area contributed by atoms with Crippen molar-refractivity contribution in [3.63, 3.8) is 0 Å². The van der Waals surface area contributed by atoms with E-state index in [0.29, 0.717) is 45.5 Å². The number of benzene rings is 3. The number of rotatable bonds is 10. The molecule has 0 unspecified atom stereocenters. The number of anilines is 2. The lowest BCUT2D eigenvalue weighted by molar-refractivity contribution is 0.0492. The molecule has 50 heavy (non-hydrogen) atoms. The van der Waals surface area contributed by atoms with Crippen LogP contribution in [0.5, 0.6) is 11.6 Å². The Kier molecular flexibility index (Phi) is 10.2. The van der Waals surface area contributed by atoms with Crippen LogP contribution in [0.1, 0.15) is 57.6 Å². The van der Waals surface area contributed by atoms with E-state index in [9.17, 15) is 13.2 Å². The van der Waals surface area contributed by atoms with Crippen molar-refractivity contribution in [1.82, 2.24) is 20.3 Å². The van der Waals surface area contributed by atoms with Gasteiger partial charge < -0.3 is 20.1 Å². The number of hydrogen-bond donors (Lipinski definition) is 3. The van der Waals surface area contributed by atoms with Gasteiger partial charge in [0, 0.05) is 35.2 Å². The zero-order chi connectivity index (χ0) is 35.3. The minimum absolute atomic E-state index is 0.0633. The van der Waals surface area contributed by atoms with Crippen LogP contribution in [-0.2, 0) is 20.5 Å². The van der Waals surface area contributed by atoms with Crippen LogP contribution >= 0.6 is 0 Å². The molecule has 0 atom stereocenters. The second-order valence-electron chi connectivity index (χ2n) is 13.5. The summed E-state index contributed by atoms with van der Waals surface area (Å²) in [4.78, 5) is 26.1. The van der Waals surface area contributed by atoms with Crippen molar-refractivity contribution in [3.8, 4) is 22.9 Å². The zero-order valence-electron chi connectivity index (χ0n) is 28.6. The van der Waals surface area contributed by atoms with Gasteiger partial charge in [0.15, 0.2) is 0 Å². The lowest BCUT2D eigenvalue weighted by Crippen LogP contribution is -2.42. The van der Waals surface area contributed by atoms with E-state index in [2.05, 4.69) is 25.3 Å². The van der Waals surface area contributed by atoms with Crippen molar-refractivity contribution < 1.29 is 22.7 Å². The van der Waals surface area contributed by atoms with Crippen molar-refractivity contribution in [2.75, 3.05) is 10.0 Å². The first-order valence-corrected chi connectivity index (χ1v) is 18.4. The number of alkyl carbamates (subject to hydrolysis) is 1. The van der Waals surface area contributed by atoms with Gasteiger partial charge in [0.25, 0.3) is 0 Å². The van der Waals surface area contributed by atoms with Crippen molar-refractivity contribution in [1.29, 1.82) is 0 Å². The lowest BCUT2D eigenvalue weighted by atomic mass is 9.91. The molecule has 2 aromatic heterocycles. The number of aryl methyl sites for hydroxylation is 1. The minimum Gasteiger partial charge on any atom is -0.444 e. The van der Waals surface area contributed by atoms with E-state index < -0.39 is 15.6 Å². The van der Waals surface area contributed by atoms with Gasteiger partial charge in [-0.05, 0) is 88.8 Å². The fourth-order valence-electron chi connectivity index (χ4n) is 6.09. The van der Waals surface area contributed by atoms with Crippen molar-refractivity contribution in [2.45, 2.75) is 76.8 Å². The number of pyridine rings is 1. The highest BCUT2D eigenvalue weighted by molar-refractivity contribution is 7.91. The molecule has 12 heteroatoms. The largest absolute Gasteiger partial charge is 0.444 e. The summed E-state index contributed by atoms with van der Waals surface area (Å²) in [5, 5.41) is 7.88. The molecule has 1 saturated carbocycles. The molecule has 3 aromatic carbocycles. The summed E-state index contributed by atoms with van der Waals surface area (Å²) >= 11 is 0. The first-order chi connectivity index (χ1) is 23.9. The molecule has 0 aliphatic heterocycles. The second kappa shape index (κ2) is 14.7. The van der Waals surface area contributed by atoms with Crippen LogP contribution < -0.4 is 20.1 Å². The molecular formula is C38H42N6O5S. The maximum Gasteiger partial charge on any atom is 0.407 e. The average Bonchev–Trinajstić information content (AvgIpc) is 3.07. The van der Waals surface area contributed by atoms with Crippen LogP contribution in [0.25, 0.3) is 22.0 Å². The Bertz CT molecular complexity index is 2080. The summed E-state index contributed by atoms with van der Waals surface area (Å²) in [6.07, 6.45) is 6.30. The summed E-state index contributed by atoms with van der Waals surface area (Å²) < 4.78 is 41.1. The topological polar surface area (TPSA) is 144 Å². The summed E-state index contributed by atoms with van der Waals surface area (Å²) in [6, 6.07) is 24.1. The molecule has 0 radical (unpaired) electrons. The molecule has 1 aliphatic rings. The van der Waals surface area contributed by atoms with Gasteiger partial charge in [0.05, 0.1) is 22.7 Å². The quantitative estimate of drug-likeness (QED) is 0.133. The summed E-state index contributed by atoms with van der Waals surface area (Å²) in [6.45, 7) is 7.44. The summed E-state index contributed by atoms with van der Waals surface area (Å²) in [5.74, 6) is 1.28. The van der Waals surface area contributed by atoms with E-state index in [1.54, 1.807) is 30.6 Å². The van der Waals surface area contributed by atoms with E-state index in [1.165, 1.54) is 0 Å². The molecule has 6 rings (SSSR count). The Labute approximate surface area is 292 Å². The Morgan fingerprint density at radius 1 is 0.860 bits per heavy atom. The first kappa shape index (κ1) is 34.6. The normalized spacial score (nSPS) is 16.4. The van der Waals surface area contributed by atoms with Gasteiger partial charge in [-0.1, -0.05) is 54.6 Å². The first-order valence-electron chi connectivity index (χ1n) is 16.7. The Morgan fingerprint density at radius 2 is 1.56 bits per heavy atom. The highest BCUT2D eigenvalue weighted by Crippen LogP contribution is 2.40. The number of ether oxygens (including phenoxy) is 2.